The summed E-state index contributed by atoms with van der Waals surface area (Å²) in [5, 5.41) is 21.4. The predicted molar refractivity (Wildman–Crippen MR) is 140 cm³/mol. The maximum absolute atomic E-state index is 15.1. The highest BCUT2D eigenvalue weighted by atomic mass is 19.3. The van der Waals surface area contributed by atoms with Gasteiger partial charge in [-0.2, -0.15) is 14.2 Å². The summed E-state index contributed by atoms with van der Waals surface area (Å²) in [5.41, 5.74) is 1.38. The molecule has 0 radical (unpaired) electrons. The topological polar surface area (TPSA) is 116 Å². The van der Waals surface area contributed by atoms with E-state index in [9.17, 15) is 23.6 Å². The van der Waals surface area contributed by atoms with Crippen LogP contribution in [0.5, 0.6) is 0 Å². The largest absolute Gasteiger partial charge is 0.618 e. The number of hydrogen-bond donors (Lipinski definition) is 2. The van der Waals surface area contributed by atoms with Crippen LogP contribution in [-0.2, 0) is 11.3 Å². The van der Waals surface area contributed by atoms with Crippen molar-refractivity contribution in [2.75, 3.05) is 5.32 Å². The number of rotatable bonds is 10. The minimum atomic E-state index is -3.09. The van der Waals surface area contributed by atoms with Crippen LogP contribution >= 0.6 is 0 Å². The lowest BCUT2D eigenvalue weighted by Gasteiger charge is -2.27. The smallest absolute Gasteiger partial charge is 0.270 e. The summed E-state index contributed by atoms with van der Waals surface area (Å²) < 4.78 is 44.0. The number of hydrogen-bond acceptors (Lipinski definition) is 5. The van der Waals surface area contributed by atoms with E-state index in [2.05, 4.69) is 20.7 Å². The first-order chi connectivity index (χ1) is 18.9. The normalized spacial score (nSPS) is 16.2. The van der Waals surface area contributed by atoms with Crippen molar-refractivity contribution in [2.45, 2.75) is 65.0 Å². The van der Waals surface area contributed by atoms with Crippen molar-refractivity contribution in [3.8, 4) is 11.1 Å². The molecule has 0 bridgehead atoms. The molecule has 40 heavy (non-hydrogen) atoms. The monoisotopic (exact) mass is 556 g/mol. The molecule has 3 aromatic rings. The molecule has 2 aliphatic rings. The Bertz CT molecular complexity index is 1430. The van der Waals surface area contributed by atoms with E-state index in [0.29, 0.717) is 21.6 Å². The molecule has 12 heteroatoms. The number of aromatic nitrogens is 4. The number of halogens is 3. The fourth-order valence-electron chi connectivity index (χ4n) is 5.31. The van der Waals surface area contributed by atoms with E-state index < -0.39 is 36.3 Å². The summed E-state index contributed by atoms with van der Waals surface area (Å²) in [6, 6.07) is 4.92. The van der Waals surface area contributed by atoms with E-state index in [-0.39, 0.29) is 34.8 Å². The van der Waals surface area contributed by atoms with Gasteiger partial charge in [-0.05, 0) is 74.6 Å². The zero-order valence-corrected chi connectivity index (χ0v) is 22.5. The second-order valence-electron chi connectivity index (χ2n) is 11.0. The molecule has 0 spiro atoms. The van der Waals surface area contributed by atoms with Crippen LogP contribution in [0, 0.1) is 42.8 Å². The number of anilines is 1. The zero-order chi connectivity index (χ0) is 28.8. The molecular formula is C28H31F3N6O3. The Morgan fingerprint density at radius 3 is 2.42 bits per heavy atom. The molecule has 2 saturated carbocycles. The van der Waals surface area contributed by atoms with Crippen molar-refractivity contribution in [2.24, 2.45) is 17.8 Å². The third kappa shape index (κ3) is 6.10. The van der Waals surface area contributed by atoms with E-state index in [4.69, 9.17) is 0 Å². The maximum Gasteiger partial charge on any atom is 0.270 e. The first-order valence-electron chi connectivity index (χ1n) is 13.3. The number of carbonyl (C=O) groups is 2. The van der Waals surface area contributed by atoms with Gasteiger partial charge in [0.05, 0.1) is 5.56 Å². The molecule has 0 saturated heterocycles. The van der Waals surface area contributed by atoms with Crippen molar-refractivity contribution >= 4 is 17.6 Å². The quantitative estimate of drug-likeness (QED) is 0.221. The van der Waals surface area contributed by atoms with Gasteiger partial charge in [-0.25, -0.2) is 13.8 Å². The van der Waals surface area contributed by atoms with Gasteiger partial charge < -0.3 is 15.8 Å². The van der Waals surface area contributed by atoms with E-state index in [1.165, 1.54) is 30.6 Å². The van der Waals surface area contributed by atoms with Crippen LogP contribution in [0.15, 0.2) is 36.7 Å². The average Bonchev–Trinajstić information content (AvgIpc) is 3.80. The molecule has 9 nitrogen and oxygen atoms in total. The molecule has 212 valence electrons. The van der Waals surface area contributed by atoms with Crippen LogP contribution in [0.3, 0.4) is 0 Å². The third-order valence-corrected chi connectivity index (χ3v) is 7.47. The number of amides is 2. The van der Waals surface area contributed by atoms with E-state index in [1.807, 2.05) is 0 Å². The summed E-state index contributed by atoms with van der Waals surface area (Å²) in [4.78, 5) is 30.7. The summed E-state index contributed by atoms with van der Waals surface area (Å²) in [5.74, 6) is -4.89. The Balaban J connectivity index is 1.39. The van der Waals surface area contributed by atoms with Gasteiger partial charge in [0.2, 0.25) is 11.9 Å². The van der Waals surface area contributed by atoms with Crippen molar-refractivity contribution < 1.29 is 27.5 Å². The van der Waals surface area contributed by atoms with Crippen LogP contribution in [0.25, 0.3) is 11.1 Å². The summed E-state index contributed by atoms with van der Waals surface area (Å²) in [7, 11) is 0. The molecule has 5 rings (SSSR count). The fraction of sp³-hybridized carbons (Fsp3) is 0.464. The molecule has 2 amide bonds. The van der Waals surface area contributed by atoms with Gasteiger partial charge in [0.25, 0.3) is 11.8 Å². The Hall–Kier alpha value is -3.96. The van der Waals surface area contributed by atoms with Crippen LogP contribution in [0.1, 0.15) is 54.4 Å². The molecule has 0 aromatic carbocycles. The Labute approximate surface area is 229 Å². The summed E-state index contributed by atoms with van der Waals surface area (Å²) in [6.07, 6.45) is 6.36. The average molecular weight is 557 g/mol. The minimum Gasteiger partial charge on any atom is -0.618 e. The highest BCUT2D eigenvalue weighted by Crippen LogP contribution is 2.51. The van der Waals surface area contributed by atoms with Crippen LogP contribution in [0.2, 0.25) is 0 Å². The number of aryl methyl sites for hydroxylation is 1. The van der Waals surface area contributed by atoms with E-state index >= 15 is 4.39 Å². The maximum atomic E-state index is 15.1. The summed E-state index contributed by atoms with van der Waals surface area (Å²) >= 11 is 0. The fourth-order valence-corrected chi connectivity index (χ4v) is 5.31. The number of carbonyl (C=O) groups excluding carboxylic acids is 2. The molecule has 3 aromatic heterocycles. The van der Waals surface area contributed by atoms with E-state index in [1.54, 1.807) is 19.9 Å². The Kier molecular flexibility index (Phi) is 7.28. The molecule has 2 N–H and O–H groups in total. The molecule has 0 unspecified atom stereocenters. The molecule has 2 fully saturated rings. The third-order valence-electron chi connectivity index (χ3n) is 7.47. The van der Waals surface area contributed by atoms with Gasteiger partial charge in [-0.1, -0.05) is 0 Å². The van der Waals surface area contributed by atoms with Crippen LogP contribution in [0.4, 0.5) is 19.0 Å². The van der Waals surface area contributed by atoms with Gasteiger partial charge in [0, 0.05) is 31.2 Å². The van der Waals surface area contributed by atoms with Crippen molar-refractivity contribution in [3.63, 3.8) is 0 Å². The van der Waals surface area contributed by atoms with Gasteiger partial charge in [-0.3, -0.25) is 14.3 Å². The number of nitrogens with zero attached hydrogens (tertiary/aromatic N) is 4. The second-order valence-corrected chi connectivity index (χ2v) is 11.0. The molecule has 2 aliphatic carbocycles. The standard InChI is InChI=1S/C28H31F3N6O3/c1-15-12-20(16(2)37(40)13-15)19-8-9-22(33-25(19)29)34-27(39)24(23(17-4-5-17)18-6-7-18)35-26(38)21-10-11-32-36(21)14-28(3,30)31/h8-13,17-18,23-24H,4-7,14H2,1-3H3,(H,35,38)(H,33,34,39)/t24-/m0/s1. The first-order valence-corrected chi connectivity index (χ1v) is 13.3. The number of pyridine rings is 2. The van der Waals surface area contributed by atoms with Gasteiger partial charge in [0.1, 0.15) is 24.1 Å². The molecule has 1 atom stereocenters. The van der Waals surface area contributed by atoms with Gasteiger partial charge in [0.15, 0.2) is 11.9 Å². The Morgan fingerprint density at radius 1 is 1.15 bits per heavy atom. The molecule has 0 aliphatic heterocycles. The lowest BCUT2D eigenvalue weighted by atomic mass is 9.88. The molecule has 3 heterocycles. The first kappa shape index (κ1) is 27.6. The SMILES string of the molecule is Cc1cc(-c2ccc(NC(=O)[C@@H](NC(=O)c3ccnn3CC(C)(F)F)C(C3CC3)C3CC3)nc2F)c(C)[n+]([O-])c1. The van der Waals surface area contributed by atoms with Crippen molar-refractivity contribution in [3.05, 3.63) is 64.8 Å². The lowest BCUT2D eigenvalue weighted by Crippen LogP contribution is -2.50. The van der Waals surface area contributed by atoms with Crippen LogP contribution < -0.4 is 15.4 Å². The number of nitrogens with one attached hydrogen (secondary N) is 2. The predicted octanol–water partition coefficient (Wildman–Crippen LogP) is 4.16. The highest BCUT2D eigenvalue weighted by Gasteiger charge is 2.48. The van der Waals surface area contributed by atoms with Gasteiger partial charge in [-0.15, -0.1) is 0 Å². The minimum absolute atomic E-state index is 0.0492. The zero-order valence-electron chi connectivity index (χ0n) is 22.5. The van der Waals surface area contributed by atoms with Crippen molar-refractivity contribution in [1.82, 2.24) is 20.1 Å². The second kappa shape index (κ2) is 10.5. The lowest BCUT2D eigenvalue weighted by molar-refractivity contribution is -0.612. The number of alkyl halides is 2. The molecular weight excluding hydrogens is 525 g/mol. The van der Waals surface area contributed by atoms with Gasteiger partial charge >= 0.3 is 0 Å². The summed E-state index contributed by atoms with van der Waals surface area (Å²) in [6.45, 7) is 3.26. The van der Waals surface area contributed by atoms with Crippen LogP contribution in [-0.4, -0.2) is 38.5 Å². The highest BCUT2D eigenvalue weighted by molar-refractivity contribution is 6.00. The Morgan fingerprint density at radius 2 is 1.82 bits per heavy atom. The van der Waals surface area contributed by atoms with Crippen molar-refractivity contribution in [1.29, 1.82) is 0 Å². The van der Waals surface area contributed by atoms with E-state index in [0.717, 1.165) is 37.3 Å².